The van der Waals surface area contributed by atoms with Crippen molar-refractivity contribution in [1.29, 1.82) is 0 Å². The van der Waals surface area contributed by atoms with Crippen molar-refractivity contribution >= 4 is 6.21 Å². The zero-order chi connectivity index (χ0) is 11.1. The third-order valence-electron chi connectivity index (χ3n) is 1.82. The summed E-state index contributed by atoms with van der Waals surface area (Å²) in [5.74, 6) is -1.74. The van der Waals surface area contributed by atoms with Crippen LogP contribution in [0.25, 0.3) is 0 Å². The Bertz CT molecular complexity index is 339. The van der Waals surface area contributed by atoms with Gasteiger partial charge in [-0.1, -0.05) is 30.6 Å². The summed E-state index contributed by atoms with van der Waals surface area (Å²) in [7, 11) is 0. The van der Waals surface area contributed by atoms with Crippen LogP contribution in [0, 0.1) is 11.6 Å². The first-order chi connectivity index (χ1) is 7.25. The standard InChI is InChI=1S/C11H13F2NO/c1-2-3-7-14-15-8-9-5-4-6-10(12)11(9)13/h4-7H,2-3,8H2,1H3. The molecular formula is C11H13F2NO. The van der Waals surface area contributed by atoms with E-state index in [0.717, 1.165) is 18.9 Å². The smallest absolute Gasteiger partial charge is 0.165 e. The number of rotatable bonds is 5. The molecule has 1 aromatic carbocycles. The van der Waals surface area contributed by atoms with Crippen molar-refractivity contribution in [3.8, 4) is 0 Å². The lowest BCUT2D eigenvalue weighted by molar-refractivity contribution is 0.128. The van der Waals surface area contributed by atoms with Gasteiger partial charge in [0.25, 0.3) is 0 Å². The molecule has 0 aliphatic rings. The number of hydrogen-bond donors (Lipinski definition) is 0. The summed E-state index contributed by atoms with van der Waals surface area (Å²) in [4.78, 5) is 4.82. The van der Waals surface area contributed by atoms with E-state index >= 15 is 0 Å². The molecule has 0 unspecified atom stereocenters. The Kier molecular flexibility index (Phi) is 4.74. The molecule has 0 aromatic heterocycles. The van der Waals surface area contributed by atoms with E-state index in [-0.39, 0.29) is 12.2 Å². The molecule has 0 heterocycles. The summed E-state index contributed by atoms with van der Waals surface area (Å²) in [5.41, 5.74) is 0.170. The third kappa shape index (κ3) is 3.65. The van der Waals surface area contributed by atoms with E-state index in [0.29, 0.717) is 0 Å². The lowest BCUT2D eigenvalue weighted by Gasteiger charge is -2.01. The van der Waals surface area contributed by atoms with E-state index in [4.69, 9.17) is 4.84 Å². The van der Waals surface area contributed by atoms with Crippen molar-refractivity contribution in [2.75, 3.05) is 0 Å². The van der Waals surface area contributed by atoms with Gasteiger partial charge in [-0.25, -0.2) is 8.78 Å². The fourth-order valence-electron chi connectivity index (χ4n) is 1.00. The molecule has 4 heteroatoms. The molecule has 15 heavy (non-hydrogen) atoms. The molecule has 1 aromatic rings. The van der Waals surface area contributed by atoms with Crippen molar-refractivity contribution in [1.82, 2.24) is 0 Å². The molecular weight excluding hydrogens is 200 g/mol. The maximum absolute atomic E-state index is 13.1. The maximum atomic E-state index is 13.1. The Balaban J connectivity index is 2.47. The Morgan fingerprint density at radius 1 is 1.40 bits per heavy atom. The SMILES string of the molecule is CCCC=NOCc1cccc(F)c1F. The van der Waals surface area contributed by atoms with Gasteiger partial charge in [0.05, 0.1) is 0 Å². The minimum absolute atomic E-state index is 0.0518. The molecule has 0 bridgehead atoms. The van der Waals surface area contributed by atoms with Crippen LogP contribution in [0.15, 0.2) is 23.4 Å². The second-order valence-electron chi connectivity index (χ2n) is 3.06. The minimum Gasteiger partial charge on any atom is -0.391 e. The van der Waals surface area contributed by atoms with Crippen LogP contribution in [0.4, 0.5) is 8.78 Å². The molecule has 82 valence electrons. The summed E-state index contributed by atoms with van der Waals surface area (Å²) in [6, 6.07) is 3.97. The van der Waals surface area contributed by atoms with E-state index in [1.54, 1.807) is 6.21 Å². The number of unbranched alkanes of at least 4 members (excludes halogenated alkanes) is 1. The first-order valence-electron chi connectivity index (χ1n) is 4.82. The molecule has 0 spiro atoms. The van der Waals surface area contributed by atoms with Crippen molar-refractivity contribution in [3.63, 3.8) is 0 Å². The zero-order valence-corrected chi connectivity index (χ0v) is 8.54. The van der Waals surface area contributed by atoms with Crippen LogP contribution in [-0.2, 0) is 11.4 Å². The third-order valence-corrected chi connectivity index (χ3v) is 1.82. The quantitative estimate of drug-likeness (QED) is 0.543. The fourth-order valence-corrected chi connectivity index (χ4v) is 1.00. The second kappa shape index (κ2) is 6.11. The normalized spacial score (nSPS) is 10.9. The predicted molar refractivity (Wildman–Crippen MR) is 54.5 cm³/mol. The van der Waals surface area contributed by atoms with Gasteiger partial charge in [-0.3, -0.25) is 0 Å². The molecule has 1 rings (SSSR count). The van der Waals surface area contributed by atoms with Crippen LogP contribution in [0.5, 0.6) is 0 Å². The number of nitrogens with zero attached hydrogens (tertiary/aromatic N) is 1. The van der Waals surface area contributed by atoms with Crippen LogP contribution in [0.1, 0.15) is 25.3 Å². The summed E-state index contributed by atoms with van der Waals surface area (Å²) in [6.45, 7) is 1.96. The van der Waals surface area contributed by atoms with Gasteiger partial charge in [0.2, 0.25) is 0 Å². The van der Waals surface area contributed by atoms with Crippen LogP contribution in [-0.4, -0.2) is 6.21 Å². The van der Waals surface area contributed by atoms with Crippen molar-refractivity contribution in [2.45, 2.75) is 26.4 Å². The molecule has 0 N–H and O–H groups in total. The van der Waals surface area contributed by atoms with Crippen molar-refractivity contribution in [2.24, 2.45) is 5.16 Å². The van der Waals surface area contributed by atoms with E-state index in [1.807, 2.05) is 6.92 Å². The van der Waals surface area contributed by atoms with Gasteiger partial charge in [-0.05, 0) is 12.5 Å². The molecule has 0 aliphatic carbocycles. The first-order valence-corrected chi connectivity index (χ1v) is 4.82. The van der Waals surface area contributed by atoms with E-state index < -0.39 is 11.6 Å². The topological polar surface area (TPSA) is 21.6 Å². The van der Waals surface area contributed by atoms with Gasteiger partial charge >= 0.3 is 0 Å². The van der Waals surface area contributed by atoms with E-state index in [9.17, 15) is 8.78 Å². The van der Waals surface area contributed by atoms with E-state index in [2.05, 4.69) is 5.16 Å². The number of oxime groups is 1. The average Bonchev–Trinajstić information content (AvgIpc) is 2.24. The molecule has 0 atom stereocenters. The highest BCUT2D eigenvalue weighted by Gasteiger charge is 2.06. The lowest BCUT2D eigenvalue weighted by Crippen LogP contribution is -1.95. The minimum atomic E-state index is -0.872. The summed E-state index contributed by atoms with van der Waals surface area (Å²) >= 11 is 0. The van der Waals surface area contributed by atoms with Crippen molar-refractivity contribution < 1.29 is 13.6 Å². The molecule has 0 amide bonds. The van der Waals surface area contributed by atoms with Crippen molar-refractivity contribution in [3.05, 3.63) is 35.4 Å². The number of halogens is 2. The van der Waals surface area contributed by atoms with Gasteiger partial charge in [0, 0.05) is 11.8 Å². The molecule has 0 fully saturated rings. The first kappa shape index (κ1) is 11.6. The highest BCUT2D eigenvalue weighted by atomic mass is 19.2. The maximum Gasteiger partial charge on any atom is 0.165 e. The van der Waals surface area contributed by atoms with Gasteiger partial charge < -0.3 is 4.84 Å². The molecule has 0 saturated heterocycles. The average molecular weight is 213 g/mol. The second-order valence-corrected chi connectivity index (χ2v) is 3.06. The molecule has 0 saturated carbocycles. The molecule has 0 radical (unpaired) electrons. The fraction of sp³-hybridized carbons (Fsp3) is 0.364. The van der Waals surface area contributed by atoms with Crippen LogP contribution < -0.4 is 0 Å². The van der Waals surface area contributed by atoms with Gasteiger partial charge in [0.15, 0.2) is 11.6 Å². The van der Waals surface area contributed by atoms with Gasteiger partial charge in [0.1, 0.15) is 6.61 Å². The Hall–Kier alpha value is -1.45. The molecule has 2 nitrogen and oxygen atoms in total. The Morgan fingerprint density at radius 2 is 2.20 bits per heavy atom. The largest absolute Gasteiger partial charge is 0.391 e. The van der Waals surface area contributed by atoms with Crippen LogP contribution in [0.3, 0.4) is 0 Å². The number of hydrogen-bond acceptors (Lipinski definition) is 2. The summed E-state index contributed by atoms with van der Waals surface area (Å²) in [6.07, 6.45) is 3.39. The van der Waals surface area contributed by atoms with E-state index in [1.165, 1.54) is 12.1 Å². The van der Waals surface area contributed by atoms with Gasteiger partial charge in [-0.15, -0.1) is 0 Å². The Labute approximate surface area is 87.6 Å². The van der Waals surface area contributed by atoms with Crippen LogP contribution in [0.2, 0.25) is 0 Å². The predicted octanol–water partition coefficient (Wildman–Crippen LogP) is 3.27. The highest BCUT2D eigenvalue weighted by Crippen LogP contribution is 2.12. The Morgan fingerprint density at radius 3 is 2.93 bits per heavy atom. The highest BCUT2D eigenvalue weighted by molar-refractivity contribution is 5.55. The molecule has 0 aliphatic heterocycles. The lowest BCUT2D eigenvalue weighted by atomic mass is 10.2. The summed E-state index contributed by atoms with van der Waals surface area (Å²) in [5, 5.41) is 3.61. The van der Waals surface area contributed by atoms with Gasteiger partial charge in [-0.2, -0.15) is 0 Å². The number of benzene rings is 1. The van der Waals surface area contributed by atoms with Crippen LogP contribution >= 0.6 is 0 Å². The zero-order valence-electron chi connectivity index (χ0n) is 8.54. The monoisotopic (exact) mass is 213 g/mol. The summed E-state index contributed by atoms with van der Waals surface area (Å²) < 4.78 is 25.8.